The largest absolute Gasteiger partial charge is 0.493 e. The van der Waals surface area contributed by atoms with Crippen LogP contribution in [-0.4, -0.2) is 34.2 Å². The zero-order chi connectivity index (χ0) is 21.5. The van der Waals surface area contributed by atoms with Crippen molar-refractivity contribution >= 4 is 17.9 Å². The lowest BCUT2D eigenvalue weighted by molar-refractivity contribution is -0.112. The number of rotatable bonds is 6. The van der Waals surface area contributed by atoms with E-state index in [1.54, 1.807) is 28.4 Å². The SMILES string of the molecule is COc1cccc(/C=C2\CCCC/C(=C\c3cccc(OC)c3OC)C2=O)c1OC. The summed E-state index contributed by atoms with van der Waals surface area (Å²) in [5, 5.41) is 0. The second-order valence-corrected chi connectivity index (χ2v) is 7.04. The average Bonchev–Trinajstić information content (AvgIpc) is 2.94. The monoisotopic (exact) mass is 408 g/mol. The van der Waals surface area contributed by atoms with Gasteiger partial charge in [-0.3, -0.25) is 4.79 Å². The number of carbonyl (C=O) groups is 1. The van der Waals surface area contributed by atoms with E-state index in [1.165, 1.54) is 0 Å². The van der Waals surface area contributed by atoms with Crippen LogP contribution in [0, 0.1) is 0 Å². The Labute approximate surface area is 177 Å². The van der Waals surface area contributed by atoms with Gasteiger partial charge in [-0.05, 0) is 50.0 Å². The van der Waals surface area contributed by atoms with Crippen LogP contribution < -0.4 is 18.9 Å². The van der Waals surface area contributed by atoms with E-state index in [-0.39, 0.29) is 5.78 Å². The maximum Gasteiger partial charge on any atom is 0.185 e. The summed E-state index contributed by atoms with van der Waals surface area (Å²) >= 11 is 0. The summed E-state index contributed by atoms with van der Waals surface area (Å²) in [6.45, 7) is 0. The molecule has 0 heterocycles. The number of carbonyl (C=O) groups excluding carboxylic acids is 1. The number of methoxy groups -OCH3 is 4. The van der Waals surface area contributed by atoms with Gasteiger partial charge in [-0.15, -0.1) is 0 Å². The Morgan fingerprint density at radius 1 is 0.667 bits per heavy atom. The molecule has 0 aliphatic heterocycles. The third-order valence-electron chi connectivity index (χ3n) is 5.25. The first-order valence-electron chi connectivity index (χ1n) is 10.0. The molecule has 2 aromatic carbocycles. The van der Waals surface area contributed by atoms with Crippen molar-refractivity contribution in [2.75, 3.05) is 28.4 Å². The molecular formula is C25H28O5. The van der Waals surface area contributed by atoms with E-state index in [9.17, 15) is 4.79 Å². The van der Waals surface area contributed by atoms with E-state index in [4.69, 9.17) is 18.9 Å². The van der Waals surface area contributed by atoms with Crippen molar-refractivity contribution in [1.82, 2.24) is 0 Å². The van der Waals surface area contributed by atoms with E-state index in [2.05, 4.69) is 0 Å². The highest BCUT2D eigenvalue weighted by Crippen LogP contribution is 2.36. The molecule has 0 unspecified atom stereocenters. The minimum Gasteiger partial charge on any atom is -0.493 e. The number of ketones is 1. The van der Waals surface area contributed by atoms with Gasteiger partial charge in [0.1, 0.15) is 0 Å². The fourth-order valence-electron chi connectivity index (χ4n) is 3.77. The van der Waals surface area contributed by atoms with Crippen LogP contribution in [0.1, 0.15) is 36.8 Å². The minimum atomic E-state index is 0.0576. The highest BCUT2D eigenvalue weighted by molar-refractivity contribution is 6.13. The normalized spacial score (nSPS) is 17.0. The van der Waals surface area contributed by atoms with Crippen molar-refractivity contribution in [2.45, 2.75) is 25.7 Å². The van der Waals surface area contributed by atoms with Crippen molar-refractivity contribution < 1.29 is 23.7 Å². The Morgan fingerprint density at radius 3 is 1.47 bits per heavy atom. The van der Waals surface area contributed by atoms with Gasteiger partial charge in [0.25, 0.3) is 0 Å². The van der Waals surface area contributed by atoms with Crippen LogP contribution in [0.25, 0.3) is 12.2 Å². The van der Waals surface area contributed by atoms with Crippen LogP contribution in [-0.2, 0) is 4.79 Å². The average molecular weight is 408 g/mol. The van der Waals surface area contributed by atoms with Crippen molar-refractivity contribution in [1.29, 1.82) is 0 Å². The van der Waals surface area contributed by atoms with E-state index in [0.29, 0.717) is 23.0 Å². The van der Waals surface area contributed by atoms with Gasteiger partial charge in [0.05, 0.1) is 28.4 Å². The lowest BCUT2D eigenvalue weighted by Crippen LogP contribution is -2.05. The predicted molar refractivity (Wildman–Crippen MR) is 119 cm³/mol. The molecule has 1 aliphatic carbocycles. The fourth-order valence-corrected chi connectivity index (χ4v) is 3.77. The molecule has 0 atom stereocenters. The van der Waals surface area contributed by atoms with Gasteiger partial charge in [0.2, 0.25) is 0 Å². The van der Waals surface area contributed by atoms with Crippen molar-refractivity contribution in [3.05, 3.63) is 58.7 Å². The topological polar surface area (TPSA) is 54.0 Å². The van der Waals surface area contributed by atoms with Crippen LogP contribution in [0.4, 0.5) is 0 Å². The van der Waals surface area contributed by atoms with E-state index in [1.807, 2.05) is 48.6 Å². The lowest BCUT2D eigenvalue weighted by Gasteiger charge is -2.13. The molecule has 1 saturated carbocycles. The molecule has 1 aliphatic rings. The summed E-state index contributed by atoms with van der Waals surface area (Å²) in [7, 11) is 6.42. The Balaban J connectivity index is 2.03. The number of allylic oxidation sites excluding steroid dienone is 2. The summed E-state index contributed by atoms with van der Waals surface area (Å²) in [5.41, 5.74) is 3.21. The molecule has 0 bridgehead atoms. The Kier molecular flexibility index (Phi) is 7.17. The Morgan fingerprint density at radius 2 is 1.10 bits per heavy atom. The smallest absolute Gasteiger partial charge is 0.185 e. The molecule has 0 N–H and O–H groups in total. The number of para-hydroxylation sites is 2. The lowest BCUT2D eigenvalue weighted by atomic mass is 9.97. The molecule has 2 aromatic rings. The van der Waals surface area contributed by atoms with Gasteiger partial charge in [-0.1, -0.05) is 24.3 Å². The Hall–Kier alpha value is -3.21. The second kappa shape index (κ2) is 10.0. The first kappa shape index (κ1) is 21.5. The van der Waals surface area contributed by atoms with Gasteiger partial charge in [-0.2, -0.15) is 0 Å². The molecule has 30 heavy (non-hydrogen) atoms. The first-order valence-corrected chi connectivity index (χ1v) is 10.0. The van der Waals surface area contributed by atoms with E-state index in [0.717, 1.165) is 48.0 Å². The summed E-state index contributed by atoms with van der Waals surface area (Å²) in [6, 6.07) is 11.3. The summed E-state index contributed by atoms with van der Waals surface area (Å²) in [4.78, 5) is 13.4. The molecular weight excluding hydrogens is 380 g/mol. The molecule has 158 valence electrons. The van der Waals surface area contributed by atoms with Gasteiger partial charge >= 0.3 is 0 Å². The molecule has 0 aromatic heterocycles. The maximum atomic E-state index is 13.4. The number of hydrogen-bond acceptors (Lipinski definition) is 5. The molecule has 0 saturated heterocycles. The fraction of sp³-hybridized carbons (Fsp3) is 0.320. The molecule has 5 heteroatoms. The van der Waals surface area contributed by atoms with Crippen LogP contribution in [0.5, 0.6) is 23.0 Å². The summed E-state index contributed by atoms with van der Waals surface area (Å²) in [5.74, 6) is 2.60. The van der Waals surface area contributed by atoms with Crippen molar-refractivity contribution in [3.63, 3.8) is 0 Å². The predicted octanol–water partition coefficient (Wildman–Crippen LogP) is 5.33. The zero-order valence-electron chi connectivity index (χ0n) is 18.0. The van der Waals surface area contributed by atoms with Gasteiger partial charge < -0.3 is 18.9 Å². The molecule has 3 rings (SSSR count). The number of Topliss-reactive ketones (excluding diaryl/α,β-unsaturated/α-hetero) is 1. The number of ether oxygens (including phenoxy) is 4. The van der Waals surface area contributed by atoms with Gasteiger partial charge in [0, 0.05) is 22.3 Å². The number of hydrogen-bond donors (Lipinski definition) is 0. The highest BCUT2D eigenvalue weighted by Gasteiger charge is 2.21. The van der Waals surface area contributed by atoms with Crippen LogP contribution in [0.2, 0.25) is 0 Å². The molecule has 0 radical (unpaired) electrons. The Bertz CT molecular complexity index is 894. The molecule has 1 fully saturated rings. The zero-order valence-corrected chi connectivity index (χ0v) is 18.0. The van der Waals surface area contributed by atoms with E-state index < -0.39 is 0 Å². The van der Waals surface area contributed by atoms with Crippen molar-refractivity contribution in [3.8, 4) is 23.0 Å². The number of benzene rings is 2. The van der Waals surface area contributed by atoms with Crippen LogP contribution in [0.3, 0.4) is 0 Å². The third kappa shape index (κ3) is 4.51. The second-order valence-electron chi connectivity index (χ2n) is 7.04. The maximum absolute atomic E-state index is 13.4. The van der Waals surface area contributed by atoms with Gasteiger partial charge in [0.15, 0.2) is 28.8 Å². The molecule has 0 amide bonds. The molecule has 0 spiro atoms. The van der Waals surface area contributed by atoms with Crippen LogP contribution in [0.15, 0.2) is 47.5 Å². The first-order chi connectivity index (χ1) is 14.6. The van der Waals surface area contributed by atoms with E-state index >= 15 is 0 Å². The highest BCUT2D eigenvalue weighted by atomic mass is 16.5. The minimum absolute atomic E-state index is 0.0576. The van der Waals surface area contributed by atoms with Crippen molar-refractivity contribution in [2.24, 2.45) is 0 Å². The third-order valence-corrected chi connectivity index (χ3v) is 5.25. The summed E-state index contributed by atoms with van der Waals surface area (Å²) < 4.78 is 21.8. The summed E-state index contributed by atoms with van der Waals surface area (Å²) in [6.07, 6.45) is 7.21. The quantitative estimate of drug-likeness (QED) is 0.478. The standard InChI is InChI=1S/C25H28O5/c1-27-21-13-7-11-19(24(21)29-3)15-17-9-5-6-10-18(23(17)26)16-20-12-8-14-22(28-2)25(20)30-4/h7-8,11-16H,5-6,9-10H2,1-4H3/b17-15+,18-16+. The molecule has 5 nitrogen and oxygen atoms in total. The van der Waals surface area contributed by atoms with Crippen LogP contribution >= 0.6 is 0 Å². The van der Waals surface area contributed by atoms with Gasteiger partial charge in [-0.25, -0.2) is 0 Å².